The number of pyridine rings is 1. The van der Waals surface area contributed by atoms with Gasteiger partial charge >= 0.3 is 0 Å². The van der Waals surface area contributed by atoms with E-state index in [9.17, 15) is 0 Å². The molecule has 0 fully saturated rings. The first-order chi connectivity index (χ1) is 16.1. The topological polar surface area (TPSA) is 66.0 Å². The highest BCUT2D eigenvalue weighted by atomic mass is 32.1. The zero-order valence-corrected chi connectivity index (χ0v) is 19.1. The molecule has 0 amide bonds. The quantitative estimate of drug-likeness (QED) is 0.322. The molecule has 5 nitrogen and oxygen atoms in total. The Morgan fingerprint density at radius 3 is 2.24 bits per heavy atom. The zero-order chi connectivity index (χ0) is 22.9. The third kappa shape index (κ3) is 3.75. The molecule has 0 saturated heterocycles. The molecule has 0 aliphatic carbocycles. The molecule has 5 aromatic rings. The van der Waals surface area contributed by atoms with Crippen molar-refractivity contribution in [3.63, 3.8) is 0 Å². The van der Waals surface area contributed by atoms with E-state index in [1.807, 2.05) is 78.2 Å². The Balaban J connectivity index is 1.84. The number of nitrogens with two attached hydrogens (primary N) is 1. The molecular formula is C27H22N4OS. The van der Waals surface area contributed by atoms with Gasteiger partial charge in [-0.05, 0) is 72.2 Å². The Morgan fingerprint density at radius 2 is 1.55 bits per heavy atom. The minimum atomic E-state index is 0.368. The second kappa shape index (κ2) is 8.48. The minimum absolute atomic E-state index is 0.368. The summed E-state index contributed by atoms with van der Waals surface area (Å²) in [6, 6.07) is 28.0. The molecule has 6 heteroatoms. The standard InChI is InChI=1S/C27H22N4OS/c1-17-8-6-7-11-23(17)31-25(28)24-21(18-9-4-3-5-10-18)16-22(29-26(24)30-27(31)33)19-12-14-20(32-2)15-13-19/h3-16H,28H2,1-2H3. The molecule has 33 heavy (non-hydrogen) atoms. The van der Waals surface area contributed by atoms with Crippen LogP contribution < -0.4 is 10.5 Å². The molecule has 5 rings (SSSR count). The monoisotopic (exact) mass is 450 g/mol. The van der Waals surface area contributed by atoms with Gasteiger partial charge in [0.05, 0.1) is 23.9 Å². The molecule has 0 unspecified atom stereocenters. The number of nitrogen functional groups attached to an aromatic ring is 1. The number of rotatable bonds is 4. The van der Waals surface area contributed by atoms with Crippen LogP contribution in [0.2, 0.25) is 0 Å². The van der Waals surface area contributed by atoms with Gasteiger partial charge in [0, 0.05) is 5.56 Å². The summed E-state index contributed by atoms with van der Waals surface area (Å²) in [5.41, 5.74) is 13.0. The van der Waals surface area contributed by atoms with Crippen LogP contribution in [0.15, 0.2) is 84.9 Å². The summed E-state index contributed by atoms with van der Waals surface area (Å²) in [6.45, 7) is 2.03. The average Bonchev–Trinajstić information content (AvgIpc) is 2.85. The van der Waals surface area contributed by atoms with E-state index < -0.39 is 0 Å². The second-order valence-electron chi connectivity index (χ2n) is 7.75. The number of methoxy groups -OCH3 is 1. The van der Waals surface area contributed by atoms with Gasteiger partial charge < -0.3 is 10.5 Å². The number of hydrogen-bond acceptors (Lipinski definition) is 5. The molecule has 0 radical (unpaired) electrons. The highest BCUT2D eigenvalue weighted by Crippen LogP contribution is 2.36. The van der Waals surface area contributed by atoms with Gasteiger partial charge in [-0.1, -0.05) is 48.5 Å². The summed E-state index contributed by atoms with van der Waals surface area (Å²) in [7, 11) is 1.65. The van der Waals surface area contributed by atoms with Crippen molar-refractivity contribution in [1.29, 1.82) is 0 Å². The molecular weight excluding hydrogens is 428 g/mol. The number of anilines is 1. The fourth-order valence-electron chi connectivity index (χ4n) is 4.02. The Morgan fingerprint density at radius 1 is 0.848 bits per heavy atom. The molecule has 0 spiro atoms. The van der Waals surface area contributed by atoms with Gasteiger partial charge in [-0.3, -0.25) is 4.57 Å². The summed E-state index contributed by atoms with van der Waals surface area (Å²) < 4.78 is 7.49. The van der Waals surface area contributed by atoms with Crippen molar-refractivity contribution in [3.8, 4) is 33.8 Å². The molecule has 0 bridgehead atoms. The van der Waals surface area contributed by atoms with Crippen molar-refractivity contribution in [3.05, 3.63) is 95.3 Å². The highest BCUT2D eigenvalue weighted by molar-refractivity contribution is 7.71. The maximum absolute atomic E-state index is 6.79. The fraction of sp³-hybridized carbons (Fsp3) is 0.0741. The van der Waals surface area contributed by atoms with Crippen molar-refractivity contribution < 1.29 is 4.74 Å². The lowest BCUT2D eigenvalue weighted by atomic mass is 9.99. The number of aryl methyl sites for hydroxylation is 1. The minimum Gasteiger partial charge on any atom is -0.497 e. The van der Waals surface area contributed by atoms with Gasteiger partial charge in [-0.2, -0.15) is 4.98 Å². The molecule has 2 heterocycles. The summed E-state index contributed by atoms with van der Waals surface area (Å²) in [5, 5.41) is 0.773. The molecule has 162 valence electrons. The lowest BCUT2D eigenvalue weighted by Crippen LogP contribution is -2.10. The Kier molecular flexibility index (Phi) is 5.36. The number of ether oxygens (including phenoxy) is 1. The number of benzene rings is 3. The van der Waals surface area contributed by atoms with Crippen LogP contribution in [0.3, 0.4) is 0 Å². The van der Waals surface area contributed by atoms with E-state index in [1.54, 1.807) is 7.11 Å². The SMILES string of the molecule is COc1ccc(-c2cc(-c3ccccc3)c3c(N)n(-c4ccccc4C)c(=S)nc3n2)cc1. The van der Waals surface area contributed by atoms with E-state index in [-0.39, 0.29) is 0 Å². The Hall–Kier alpha value is -4.03. The third-order valence-corrected chi connectivity index (χ3v) is 5.99. The van der Waals surface area contributed by atoms with Crippen LogP contribution in [0.5, 0.6) is 5.75 Å². The number of para-hydroxylation sites is 1. The predicted octanol–water partition coefficient (Wildman–Crippen LogP) is 6.38. The Labute approximate surface area is 197 Å². The van der Waals surface area contributed by atoms with Gasteiger partial charge in [0.25, 0.3) is 0 Å². The lowest BCUT2D eigenvalue weighted by molar-refractivity contribution is 0.415. The normalized spacial score (nSPS) is 11.0. The summed E-state index contributed by atoms with van der Waals surface area (Å²) >= 11 is 5.68. The van der Waals surface area contributed by atoms with Crippen LogP contribution in [0, 0.1) is 11.7 Å². The predicted molar refractivity (Wildman–Crippen MR) is 136 cm³/mol. The third-order valence-electron chi connectivity index (χ3n) is 5.72. The van der Waals surface area contributed by atoms with E-state index in [2.05, 4.69) is 18.2 Å². The van der Waals surface area contributed by atoms with Gasteiger partial charge in [-0.15, -0.1) is 0 Å². The van der Waals surface area contributed by atoms with E-state index in [0.717, 1.165) is 44.8 Å². The average molecular weight is 451 g/mol. The Bertz CT molecular complexity index is 1530. The summed E-state index contributed by atoms with van der Waals surface area (Å²) in [4.78, 5) is 9.58. The van der Waals surface area contributed by atoms with Gasteiger partial charge in [0.1, 0.15) is 11.6 Å². The van der Waals surface area contributed by atoms with E-state index in [4.69, 9.17) is 32.7 Å². The molecule has 2 aromatic heterocycles. The van der Waals surface area contributed by atoms with E-state index in [1.165, 1.54) is 0 Å². The molecule has 0 atom stereocenters. The summed E-state index contributed by atoms with van der Waals surface area (Å²) in [5.74, 6) is 1.31. The van der Waals surface area contributed by atoms with Crippen molar-refractivity contribution >= 4 is 29.1 Å². The van der Waals surface area contributed by atoms with Crippen molar-refractivity contribution in [2.24, 2.45) is 0 Å². The maximum atomic E-state index is 6.79. The second-order valence-corrected chi connectivity index (χ2v) is 8.11. The number of fused-ring (bicyclic) bond motifs is 1. The van der Waals surface area contributed by atoms with Crippen LogP contribution in [-0.2, 0) is 0 Å². The van der Waals surface area contributed by atoms with Crippen LogP contribution in [-0.4, -0.2) is 21.6 Å². The largest absolute Gasteiger partial charge is 0.497 e. The van der Waals surface area contributed by atoms with Crippen molar-refractivity contribution in [1.82, 2.24) is 14.5 Å². The van der Waals surface area contributed by atoms with E-state index in [0.29, 0.717) is 16.2 Å². The molecule has 0 saturated carbocycles. The van der Waals surface area contributed by atoms with Crippen LogP contribution >= 0.6 is 12.2 Å². The maximum Gasteiger partial charge on any atom is 0.207 e. The zero-order valence-electron chi connectivity index (χ0n) is 18.3. The molecule has 0 aliphatic heterocycles. The summed E-state index contributed by atoms with van der Waals surface area (Å²) in [6.07, 6.45) is 0. The van der Waals surface area contributed by atoms with E-state index >= 15 is 0 Å². The highest BCUT2D eigenvalue weighted by Gasteiger charge is 2.17. The number of aromatic nitrogens is 3. The number of nitrogens with zero attached hydrogens (tertiary/aromatic N) is 3. The van der Waals surface area contributed by atoms with Crippen molar-refractivity contribution in [2.45, 2.75) is 6.92 Å². The van der Waals surface area contributed by atoms with Gasteiger partial charge in [-0.25, -0.2) is 4.98 Å². The molecule has 2 N–H and O–H groups in total. The smallest absolute Gasteiger partial charge is 0.207 e. The molecule has 3 aromatic carbocycles. The molecule has 0 aliphatic rings. The first-order valence-electron chi connectivity index (χ1n) is 10.6. The van der Waals surface area contributed by atoms with Crippen LogP contribution in [0.4, 0.5) is 5.82 Å². The van der Waals surface area contributed by atoms with Gasteiger partial charge in [0.15, 0.2) is 5.65 Å². The van der Waals surface area contributed by atoms with Gasteiger partial charge in [0.2, 0.25) is 4.77 Å². The fourth-order valence-corrected chi connectivity index (χ4v) is 4.31. The first kappa shape index (κ1) is 20.8. The number of hydrogen-bond donors (Lipinski definition) is 1. The lowest BCUT2D eigenvalue weighted by Gasteiger charge is -2.17. The van der Waals surface area contributed by atoms with Crippen LogP contribution in [0.25, 0.3) is 39.1 Å². The van der Waals surface area contributed by atoms with Crippen molar-refractivity contribution in [2.75, 3.05) is 12.8 Å². The first-order valence-corrected chi connectivity index (χ1v) is 11.0. The van der Waals surface area contributed by atoms with Crippen LogP contribution in [0.1, 0.15) is 5.56 Å².